The summed E-state index contributed by atoms with van der Waals surface area (Å²) in [5, 5.41) is 0. The van der Waals surface area contributed by atoms with Crippen molar-refractivity contribution in [1.82, 2.24) is 4.72 Å². The molecule has 0 heterocycles. The summed E-state index contributed by atoms with van der Waals surface area (Å²) in [6, 6.07) is 6.32. The summed E-state index contributed by atoms with van der Waals surface area (Å²) in [6.07, 6.45) is 5.12. The van der Waals surface area contributed by atoms with E-state index in [4.69, 9.17) is 0 Å². The SMILES string of the molecule is CCC(=O)c1cccc(S(=O)(=O)NCC2(C3CC3)CC2)c1. The van der Waals surface area contributed by atoms with Crippen molar-refractivity contribution in [3.8, 4) is 0 Å². The molecule has 1 aromatic rings. The Morgan fingerprint density at radius 3 is 2.62 bits per heavy atom. The van der Waals surface area contributed by atoms with Crippen LogP contribution in [0.2, 0.25) is 0 Å². The molecular formula is C16H21NO3S. The number of benzene rings is 1. The Bertz CT molecular complexity index is 658. The average molecular weight is 307 g/mol. The first kappa shape index (κ1) is 14.7. The second-order valence-electron chi connectivity index (χ2n) is 6.27. The molecule has 1 N–H and O–H groups in total. The molecule has 5 heteroatoms. The van der Waals surface area contributed by atoms with E-state index >= 15 is 0 Å². The molecule has 2 fully saturated rings. The van der Waals surface area contributed by atoms with Gasteiger partial charge in [-0.2, -0.15) is 0 Å². The van der Waals surface area contributed by atoms with Crippen molar-refractivity contribution in [2.24, 2.45) is 11.3 Å². The topological polar surface area (TPSA) is 63.2 Å². The fourth-order valence-electron chi connectivity index (χ4n) is 2.95. The van der Waals surface area contributed by atoms with Crippen LogP contribution in [0.1, 0.15) is 49.4 Å². The van der Waals surface area contributed by atoms with Crippen molar-refractivity contribution in [1.29, 1.82) is 0 Å². The molecule has 114 valence electrons. The number of nitrogens with one attached hydrogen (secondary N) is 1. The summed E-state index contributed by atoms with van der Waals surface area (Å²) < 4.78 is 27.5. The standard InChI is InChI=1S/C16H21NO3S/c1-2-15(18)12-4-3-5-14(10-12)21(19,20)17-11-16(8-9-16)13-6-7-13/h3-5,10,13,17H,2,6-9,11H2,1H3. The third-order valence-corrected chi connectivity index (χ3v) is 6.14. The third-order valence-electron chi connectivity index (χ3n) is 4.74. The Labute approximate surface area is 126 Å². The van der Waals surface area contributed by atoms with Gasteiger partial charge in [0.05, 0.1) is 4.90 Å². The van der Waals surface area contributed by atoms with E-state index in [0.717, 1.165) is 12.8 Å². The normalized spacial score (nSPS) is 20.2. The van der Waals surface area contributed by atoms with Gasteiger partial charge in [-0.25, -0.2) is 13.1 Å². The first-order valence-electron chi connectivity index (χ1n) is 7.60. The zero-order chi connectivity index (χ0) is 15.1. The summed E-state index contributed by atoms with van der Waals surface area (Å²) >= 11 is 0. The van der Waals surface area contributed by atoms with E-state index in [-0.39, 0.29) is 16.1 Å². The van der Waals surface area contributed by atoms with Crippen LogP contribution >= 0.6 is 0 Å². The Hall–Kier alpha value is -1.20. The predicted octanol–water partition coefficient (Wildman–Crippen LogP) is 2.75. The largest absolute Gasteiger partial charge is 0.294 e. The minimum atomic E-state index is -3.53. The minimum absolute atomic E-state index is 0.0382. The predicted molar refractivity (Wildman–Crippen MR) is 80.6 cm³/mol. The van der Waals surface area contributed by atoms with Crippen LogP contribution in [0.25, 0.3) is 0 Å². The van der Waals surface area contributed by atoms with E-state index in [2.05, 4.69) is 4.72 Å². The summed E-state index contributed by atoms with van der Waals surface area (Å²) in [6.45, 7) is 2.31. The average Bonchev–Trinajstić information content (AvgIpc) is 3.37. The smallest absolute Gasteiger partial charge is 0.240 e. The Morgan fingerprint density at radius 1 is 1.33 bits per heavy atom. The molecule has 0 atom stereocenters. The van der Waals surface area contributed by atoms with Gasteiger partial charge >= 0.3 is 0 Å². The number of carbonyl (C=O) groups is 1. The molecule has 0 spiro atoms. The molecule has 4 nitrogen and oxygen atoms in total. The second kappa shape index (κ2) is 5.21. The van der Waals surface area contributed by atoms with Crippen LogP contribution in [0.15, 0.2) is 29.2 Å². The molecular weight excluding hydrogens is 286 g/mol. The van der Waals surface area contributed by atoms with Crippen molar-refractivity contribution in [3.05, 3.63) is 29.8 Å². The van der Waals surface area contributed by atoms with Crippen LogP contribution in [0.5, 0.6) is 0 Å². The van der Waals surface area contributed by atoms with E-state index in [0.29, 0.717) is 24.4 Å². The lowest BCUT2D eigenvalue weighted by Crippen LogP contribution is -2.31. The molecule has 3 rings (SSSR count). The molecule has 0 bridgehead atoms. The summed E-state index contributed by atoms with van der Waals surface area (Å²) in [4.78, 5) is 11.9. The van der Waals surface area contributed by atoms with Crippen molar-refractivity contribution < 1.29 is 13.2 Å². The zero-order valence-electron chi connectivity index (χ0n) is 12.3. The van der Waals surface area contributed by atoms with Crippen LogP contribution in [0.4, 0.5) is 0 Å². The number of carbonyl (C=O) groups excluding carboxylic acids is 1. The number of rotatable bonds is 7. The van der Waals surface area contributed by atoms with E-state index in [1.807, 2.05) is 0 Å². The first-order chi connectivity index (χ1) is 9.97. The van der Waals surface area contributed by atoms with Crippen molar-refractivity contribution in [3.63, 3.8) is 0 Å². The van der Waals surface area contributed by atoms with E-state index in [1.165, 1.54) is 18.9 Å². The molecule has 0 aliphatic heterocycles. The molecule has 0 radical (unpaired) electrons. The van der Waals surface area contributed by atoms with Crippen LogP contribution < -0.4 is 4.72 Å². The third kappa shape index (κ3) is 3.04. The molecule has 0 aromatic heterocycles. The lowest BCUT2D eigenvalue weighted by Gasteiger charge is -2.15. The highest BCUT2D eigenvalue weighted by atomic mass is 32.2. The van der Waals surface area contributed by atoms with Crippen molar-refractivity contribution in [2.75, 3.05) is 6.54 Å². The Balaban J connectivity index is 1.73. The number of Topliss-reactive ketones (excluding diaryl/α,β-unsaturated/α-hetero) is 1. The maximum Gasteiger partial charge on any atom is 0.240 e. The van der Waals surface area contributed by atoms with Gasteiger partial charge in [0.1, 0.15) is 0 Å². The molecule has 0 amide bonds. The van der Waals surface area contributed by atoms with E-state index < -0.39 is 10.0 Å². The molecule has 2 aliphatic rings. The molecule has 2 saturated carbocycles. The van der Waals surface area contributed by atoms with Gasteiger partial charge in [-0.15, -0.1) is 0 Å². The van der Waals surface area contributed by atoms with Gasteiger partial charge in [0.2, 0.25) is 10.0 Å². The maximum absolute atomic E-state index is 12.4. The molecule has 0 saturated heterocycles. The van der Waals surface area contributed by atoms with Crippen molar-refractivity contribution >= 4 is 15.8 Å². The highest BCUT2D eigenvalue weighted by molar-refractivity contribution is 7.89. The van der Waals surface area contributed by atoms with Gasteiger partial charge in [-0.1, -0.05) is 19.1 Å². The second-order valence-corrected chi connectivity index (χ2v) is 8.03. The van der Waals surface area contributed by atoms with Gasteiger partial charge in [-0.05, 0) is 49.1 Å². The number of hydrogen-bond donors (Lipinski definition) is 1. The summed E-state index contributed by atoms with van der Waals surface area (Å²) in [5.74, 6) is 0.678. The highest BCUT2D eigenvalue weighted by Crippen LogP contribution is 2.60. The molecule has 0 unspecified atom stereocenters. The summed E-state index contributed by atoms with van der Waals surface area (Å²) in [7, 11) is -3.53. The van der Waals surface area contributed by atoms with Gasteiger partial charge in [0.25, 0.3) is 0 Å². The fourth-order valence-corrected chi connectivity index (χ4v) is 4.13. The zero-order valence-corrected chi connectivity index (χ0v) is 13.1. The van der Waals surface area contributed by atoms with Gasteiger partial charge in [-0.3, -0.25) is 4.79 Å². The van der Waals surface area contributed by atoms with E-state index in [1.54, 1.807) is 25.1 Å². The van der Waals surface area contributed by atoms with Gasteiger partial charge in [0, 0.05) is 18.5 Å². The number of hydrogen-bond acceptors (Lipinski definition) is 3. The van der Waals surface area contributed by atoms with E-state index in [9.17, 15) is 13.2 Å². The van der Waals surface area contributed by atoms with Gasteiger partial charge < -0.3 is 0 Å². The lowest BCUT2D eigenvalue weighted by atomic mass is 10.0. The molecule has 2 aliphatic carbocycles. The van der Waals surface area contributed by atoms with Crippen LogP contribution in [0.3, 0.4) is 0 Å². The Kier molecular flexibility index (Phi) is 3.66. The van der Waals surface area contributed by atoms with Gasteiger partial charge in [0.15, 0.2) is 5.78 Å². The molecule has 1 aromatic carbocycles. The minimum Gasteiger partial charge on any atom is -0.294 e. The quantitative estimate of drug-likeness (QED) is 0.788. The molecule has 21 heavy (non-hydrogen) atoms. The highest BCUT2D eigenvalue weighted by Gasteiger charge is 2.53. The fraction of sp³-hybridized carbons (Fsp3) is 0.562. The maximum atomic E-state index is 12.4. The van der Waals surface area contributed by atoms with Crippen LogP contribution in [-0.4, -0.2) is 20.7 Å². The monoisotopic (exact) mass is 307 g/mol. The van der Waals surface area contributed by atoms with Crippen LogP contribution in [0, 0.1) is 11.3 Å². The summed E-state index contributed by atoms with van der Waals surface area (Å²) in [5.41, 5.74) is 0.688. The van der Waals surface area contributed by atoms with Crippen molar-refractivity contribution in [2.45, 2.75) is 43.9 Å². The number of ketones is 1. The lowest BCUT2D eigenvalue weighted by molar-refractivity contribution is 0.0988. The van der Waals surface area contributed by atoms with Crippen LogP contribution in [-0.2, 0) is 10.0 Å². The first-order valence-corrected chi connectivity index (χ1v) is 9.08. The number of sulfonamides is 1. The Morgan fingerprint density at radius 2 is 2.05 bits per heavy atom.